The molecular weight excluding hydrogens is 320 g/mol. The zero-order chi connectivity index (χ0) is 16.4. The van der Waals surface area contributed by atoms with E-state index < -0.39 is 5.97 Å². The molecule has 6 nitrogen and oxygen atoms in total. The van der Waals surface area contributed by atoms with Crippen molar-refractivity contribution in [3.05, 3.63) is 34.9 Å². The third-order valence-electron chi connectivity index (χ3n) is 4.01. The number of anilines is 1. The molecule has 2 heterocycles. The third-order valence-corrected chi connectivity index (χ3v) is 4.26. The van der Waals surface area contributed by atoms with E-state index in [1.165, 1.54) is 0 Å². The smallest absolute Gasteiger partial charge is 0.343 e. The van der Waals surface area contributed by atoms with E-state index >= 15 is 0 Å². The van der Waals surface area contributed by atoms with Crippen LogP contribution in [0.1, 0.15) is 23.2 Å². The summed E-state index contributed by atoms with van der Waals surface area (Å²) in [6, 6.07) is 6.81. The van der Waals surface area contributed by atoms with Gasteiger partial charge in [0, 0.05) is 30.8 Å². The third kappa shape index (κ3) is 3.18. The quantitative estimate of drug-likeness (QED) is 0.923. The average molecular weight is 337 g/mol. The van der Waals surface area contributed by atoms with Gasteiger partial charge in [0.2, 0.25) is 0 Å². The summed E-state index contributed by atoms with van der Waals surface area (Å²) in [5, 5.41) is 14.2. The van der Waals surface area contributed by atoms with Crippen molar-refractivity contribution in [1.29, 1.82) is 0 Å². The van der Waals surface area contributed by atoms with Gasteiger partial charge in [0.25, 0.3) is 0 Å². The molecule has 2 aromatic rings. The lowest BCUT2D eigenvalue weighted by atomic mass is 10.1. The van der Waals surface area contributed by atoms with Gasteiger partial charge in [-0.25, -0.2) is 4.79 Å². The van der Waals surface area contributed by atoms with E-state index in [-0.39, 0.29) is 17.4 Å². The van der Waals surface area contributed by atoms with Gasteiger partial charge in [0.15, 0.2) is 17.1 Å². The highest BCUT2D eigenvalue weighted by atomic mass is 35.5. The molecule has 1 aliphatic heterocycles. The number of benzene rings is 1. The Morgan fingerprint density at radius 3 is 2.83 bits per heavy atom. The largest absolute Gasteiger partial charge is 0.477 e. The van der Waals surface area contributed by atoms with Gasteiger partial charge >= 0.3 is 5.97 Å². The molecule has 1 N–H and O–H groups in total. The maximum Gasteiger partial charge on any atom is 0.343 e. The first-order chi connectivity index (χ1) is 11.1. The first-order valence-electron chi connectivity index (χ1n) is 7.36. The number of aromatic carboxylic acids is 1. The summed E-state index contributed by atoms with van der Waals surface area (Å²) in [5.74, 6) is -0.473. The predicted molar refractivity (Wildman–Crippen MR) is 86.2 cm³/mol. The molecule has 0 amide bonds. The molecule has 1 atom stereocenters. The molecule has 1 fully saturated rings. The molecule has 1 unspecified atom stereocenters. The fourth-order valence-corrected chi connectivity index (χ4v) is 2.94. The Balaban J connectivity index is 1.99. The summed E-state index contributed by atoms with van der Waals surface area (Å²) in [5.41, 5.74) is 0.704. The fraction of sp³-hybridized carbons (Fsp3) is 0.375. The summed E-state index contributed by atoms with van der Waals surface area (Å²) in [6.07, 6.45) is 1.94. The van der Waals surface area contributed by atoms with Crippen molar-refractivity contribution in [3.8, 4) is 11.3 Å². The number of carbonyl (C=O) groups is 1. The van der Waals surface area contributed by atoms with E-state index in [0.717, 1.165) is 19.4 Å². The van der Waals surface area contributed by atoms with Gasteiger partial charge in [0.05, 0.1) is 6.10 Å². The Kier molecular flexibility index (Phi) is 4.54. The van der Waals surface area contributed by atoms with E-state index in [0.29, 0.717) is 22.9 Å². The van der Waals surface area contributed by atoms with Gasteiger partial charge in [-0.15, -0.1) is 0 Å². The van der Waals surface area contributed by atoms with E-state index in [1.807, 2.05) is 4.90 Å². The van der Waals surface area contributed by atoms with Crippen LogP contribution in [-0.4, -0.2) is 42.5 Å². The number of hydrogen-bond acceptors (Lipinski definition) is 5. The Morgan fingerprint density at radius 1 is 1.43 bits per heavy atom. The van der Waals surface area contributed by atoms with Crippen LogP contribution in [0.5, 0.6) is 0 Å². The lowest BCUT2D eigenvalue weighted by Gasteiger charge is -2.31. The molecule has 0 radical (unpaired) electrons. The summed E-state index contributed by atoms with van der Waals surface area (Å²) < 4.78 is 10.7. The number of aromatic nitrogens is 1. The molecule has 1 saturated heterocycles. The molecule has 3 rings (SSSR count). The van der Waals surface area contributed by atoms with Crippen molar-refractivity contribution in [3.63, 3.8) is 0 Å². The SMILES string of the molecule is COC1CCCN(c2noc(-c3ccc(Cl)cc3)c2C(=O)O)C1. The standard InChI is InChI=1S/C16H17ClN2O4/c1-22-12-3-2-8-19(9-12)15-13(16(20)21)14(23-18-15)10-4-6-11(17)7-5-10/h4-7,12H,2-3,8-9H2,1H3,(H,20,21). The van der Waals surface area contributed by atoms with Crippen LogP contribution in [0.3, 0.4) is 0 Å². The average Bonchev–Trinajstić information content (AvgIpc) is 3.01. The van der Waals surface area contributed by atoms with E-state index in [2.05, 4.69) is 5.16 Å². The number of rotatable bonds is 4. The van der Waals surface area contributed by atoms with E-state index in [4.69, 9.17) is 20.9 Å². The molecule has 7 heteroatoms. The number of ether oxygens (including phenoxy) is 1. The summed E-state index contributed by atoms with van der Waals surface area (Å²) in [4.78, 5) is 13.7. The lowest BCUT2D eigenvalue weighted by molar-refractivity contribution is 0.0695. The highest BCUT2D eigenvalue weighted by Crippen LogP contribution is 2.33. The van der Waals surface area contributed by atoms with Gasteiger partial charge in [0.1, 0.15) is 0 Å². The Bertz CT molecular complexity index is 699. The van der Waals surface area contributed by atoms with Gasteiger partial charge in [-0.05, 0) is 37.1 Å². The van der Waals surface area contributed by atoms with Crippen LogP contribution < -0.4 is 4.90 Å². The predicted octanol–water partition coefficient (Wildman–Crippen LogP) is 3.31. The number of piperidine rings is 1. The highest BCUT2D eigenvalue weighted by molar-refractivity contribution is 6.30. The normalized spacial score (nSPS) is 18.2. The lowest BCUT2D eigenvalue weighted by Crippen LogP contribution is -2.40. The summed E-state index contributed by atoms with van der Waals surface area (Å²) >= 11 is 5.88. The Labute approximate surface area is 138 Å². The molecule has 1 aliphatic rings. The molecule has 122 valence electrons. The van der Waals surface area contributed by atoms with Crippen molar-refractivity contribution in [1.82, 2.24) is 5.16 Å². The molecule has 1 aromatic carbocycles. The minimum Gasteiger partial charge on any atom is -0.477 e. The van der Waals surface area contributed by atoms with Gasteiger partial charge in [-0.1, -0.05) is 16.8 Å². The van der Waals surface area contributed by atoms with Crippen LogP contribution in [0, 0.1) is 0 Å². The van der Waals surface area contributed by atoms with Crippen LogP contribution in [0.15, 0.2) is 28.8 Å². The molecule has 1 aromatic heterocycles. The first-order valence-corrected chi connectivity index (χ1v) is 7.74. The molecule has 0 aliphatic carbocycles. The number of hydrogen-bond donors (Lipinski definition) is 1. The molecular formula is C16H17ClN2O4. The zero-order valence-corrected chi connectivity index (χ0v) is 13.4. The van der Waals surface area contributed by atoms with Crippen molar-refractivity contribution in [2.75, 3.05) is 25.1 Å². The Morgan fingerprint density at radius 2 is 2.17 bits per heavy atom. The maximum absolute atomic E-state index is 11.8. The number of halogens is 1. The summed E-state index contributed by atoms with van der Waals surface area (Å²) in [7, 11) is 1.66. The van der Waals surface area contributed by atoms with Gasteiger partial charge in [-0.3, -0.25) is 0 Å². The minimum absolute atomic E-state index is 0.0704. The maximum atomic E-state index is 11.8. The van der Waals surface area contributed by atoms with E-state index in [9.17, 15) is 9.90 Å². The topological polar surface area (TPSA) is 75.8 Å². The Hall–Kier alpha value is -2.05. The monoisotopic (exact) mass is 336 g/mol. The van der Waals surface area contributed by atoms with Crippen molar-refractivity contribution >= 4 is 23.4 Å². The molecule has 0 saturated carbocycles. The summed E-state index contributed by atoms with van der Waals surface area (Å²) in [6.45, 7) is 1.33. The van der Waals surface area contributed by atoms with Crippen molar-refractivity contribution < 1.29 is 19.2 Å². The number of carboxylic acid groups (broad SMARTS) is 1. The van der Waals surface area contributed by atoms with E-state index in [1.54, 1.807) is 31.4 Å². The molecule has 0 spiro atoms. The molecule has 23 heavy (non-hydrogen) atoms. The highest BCUT2D eigenvalue weighted by Gasteiger charge is 2.30. The number of methoxy groups -OCH3 is 1. The molecule has 0 bridgehead atoms. The van der Waals surface area contributed by atoms with Crippen LogP contribution in [-0.2, 0) is 4.74 Å². The second-order valence-corrected chi connectivity index (χ2v) is 5.90. The second kappa shape index (κ2) is 6.60. The number of nitrogens with zero attached hydrogens (tertiary/aromatic N) is 2. The van der Waals surface area contributed by atoms with Crippen molar-refractivity contribution in [2.24, 2.45) is 0 Å². The fourth-order valence-electron chi connectivity index (χ4n) is 2.81. The second-order valence-electron chi connectivity index (χ2n) is 5.47. The van der Waals surface area contributed by atoms with Gasteiger partial charge in [-0.2, -0.15) is 0 Å². The van der Waals surface area contributed by atoms with Crippen LogP contribution >= 0.6 is 11.6 Å². The first kappa shape index (κ1) is 15.8. The van der Waals surface area contributed by atoms with Crippen LogP contribution in [0.4, 0.5) is 5.82 Å². The number of carboxylic acids is 1. The van der Waals surface area contributed by atoms with Gasteiger partial charge < -0.3 is 19.3 Å². The minimum atomic E-state index is -1.06. The van der Waals surface area contributed by atoms with Crippen LogP contribution in [0.2, 0.25) is 5.02 Å². The zero-order valence-electron chi connectivity index (χ0n) is 12.7. The van der Waals surface area contributed by atoms with Crippen molar-refractivity contribution in [2.45, 2.75) is 18.9 Å². The van der Waals surface area contributed by atoms with Crippen LogP contribution in [0.25, 0.3) is 11.3 Å².